The number of hydrogen-bond donors (Lipinski definition) is 1. The molecule has 43 heavy (non-hydrogen) atoms. The SMILES string of the molecule is Cc1[nH]c(-c2ccccc2)nc1C(C(C)C)N1CCN(C(c2ccc(C(C)(C)C)cc2)c2ccc(C(C)(C)C)cc2)CC1. The van der Waals surface area contributed by atoms with Crippen LogP contribution in [-0.2, 0) is 10.8 Å². The van der Waals surface area contributed by atoms with Crippen molar-refractivity contribution in [3.05, 3.63) is 113 Å². The largest absolute Gasteiger partial charge is 0.342 e. The van der Waals surface area contributed by atoms with Gasteiger partial charge in [0.15, 0.2) is 0 Å². The summed E-state index contributed by atoms with van der Waals surface area (Å²) in [5, 5.41) is 0. The first-order valence-electron chi connectivity index (χ1n) is 16.1. The van der Waals surface area contributed by atoms with Gasteiger partial charge in [-0.2, -0.15) is 0 Å². The standard InChI is InChI=1S/C39H52N4/c1-27(2)35(34-28(3)40-37(41-34)31-13-11-10-12-14-31)42-23-25-43(26-24-42)36(29-15-19-32(20-16-29)38(4,5)6)30-17-21-33(22-18-30)39(7,8)9/h10-22,27,35-36H,23-26H2,1-9H3,(H,40,41). The molecule has 4 heteroatoms. The van der Waals surface area contributed by atoms with Crippen LogP contribution in [0.2, 0.25) is 0 Å². The van der Waals surface area contributed by atoms with Crippen molar-refractivity contribution in [1.29, 1.82) is 0 Å². The molecule has 4 aromatic rings. The second kappa shape index (κ2) is 12.4. The lowest BCUT2D eigenvalue weighted by molar-refractivity contribution is 0.0599. The fourth-order valence-electron chi connectivity index (χ4n) is 6.62. The molecule has 3 aromatic carbocycles. The van der Waals surface area contributed by atoms with Gasteiger partial charge in [-0.3, -0.25) is 9.80 Å². The van der Waals surface area contributed by atoms with Crippen molar-refractivity contribution in [2.45, 2.75) is 85.2 Å². The Morgan fingerprint density at radius 2 is 1.12 bits per heavy atom. The monoisotopic (exact) mass is 576 g/mol. The molecule has 0 bridgehead atoms. The lowest BCUT2D eigenvalue weighted by Crippen LogP contribution is -2.50. The third-order valence-electron chi connectivity index (χ3n) is 9.17. The van der Waals surface area contributed by atoms with Crippen molar-refractivity contribution in [1.82, 2.24) is 19.8 Å². The summed E-state index contributed by atoms with van der Waals surface area (Å²) in [6.07, 6.45) is 0. The van der Waals surface area contributed by atoms with Crippen molar-refractivity contribution in [3.63, 3.8) is 0 Å². The summed E-state index contributed by atoms with van der Waals surface area (Å²) in [5.74, 6) is 1.43. The first-order valence-corrected chi connectivity index (χ1v) is 16.1. The fraction of sp³-hybridized carbons (Fsp3) is 0.462. The summed E-state index contributed by atoms with van der Waals surface area (Å²) in [6.45, 7) is 24.7. The van der Waals surface area contributed by atoms with Crippen molar-refractivity contribution in [2.24, 2.45) is 5.92 Å². The molecule has 1 aromatic heterocycles. The summed E-state index contributed by atoms with van der Waals surface area (Å²) in [5.41, 5.74) is 9.31. The maximum Gasteiger partial charge on any atom is 0.137 e. The minimum Gasteiger partial charge on any atom is -0.342 e. The number of aromatic nitrogens is 2. The van der Waals surface area contributed by atoms with Gasteiger partial charge in [0.25, 0.3) is 0 Å². The van der Waals surface area contributed by atoms with Crippen LogP contribution >= 0.6 is 0 Å². The zero-order chi connectivity index (χ0) is 30.9. The molecule has 0 amide bonds. The van der Waals surface area contributed by atoms with Crippen molar-refractivity contribution >= 4 is 0 Å². The molecule has 0 spiro atoms. The van der Waals surface area contributed by atoms with E-state index >= 15 is 0 Å². The summed E-state index contributed by atoms with van der Waals surface area (Å²) in [6, 6.07) is 29.8. The third kappa shape index (κ3) is 6.97. The Hall–Kier alpha value is -3.21. The Morgan fingerprint density at radius 1 is 0.651 bits per heavy atom. The average Bonchev–Trinajstić information content (AvgIpc) is 3.35. The van der Waals surface area contributed by atoms with Gasteiger partial charge in [0.1, 0.15) is 5.82 Å². The number of aryl methyl sites for hydroxylation is 1. The molecule has 0 radical (unpaired) electrons. The Morgan fingerprint density at radius 3 is 1.56 bits per heavy atom. The molecule has 1 N–H and O–H groups in total. The van der Waals surface area contributed by atoms with Crippen molar-refractivity contribution in [3.8, 4) is 11.4 Å². The first kappa shape index (κ1) is 31.2. The number of H-pyrrole nitrogens is 1. The predicted molar refractivity (Wildman–Crippen MR) is 182 cm³/mol. The van der Waals surface area contributed by atoms with Gasteiger partial charge in [0, 0.05) is 37.4 Å². The van der Waals surface area contributed by atoms with Crippen molar-refractivity contribution in [2.75, 3.05) is 26.2 Å². The smallest absolute Gasteiger partial charge is 0.137 e. The molecular weight excluding hydrogens is 524 g/mol. The lowest BCUT2D eigenvalue weighted by atomic mass is 9.84. The summed E-state index contributed by atoms with van der Waals surface area (Å²) in [4.78, 5) is 14.1. The first-order chi connectivity index (χ1) is 20.3. The molecule has 0 saturated carbocycles. The van der Waals surface area contributed by atoms with E-state index in [1.54, 1.807) is 0 Å². The van der Waals surface area contributed by atoms with Crippen LogP contribution in [-0.4, -0.2) is 45.9 Å². The Labute approximate surface area is 260 Å². The summed E-state index contributed by atoms with van der Waals surface area (Å²) < 4.78 is 0. The highest BCUT2D eigenvalue weighted by Gasteiger charge is 2.33. The van der Waals surface area contributed by atoms with Gasteiger partial charge in [-0.25, -0.2) is 4.98 Å². The Bertz CT molecular complexity index is 1400. The highest BCUT2D eigenvalue weighted by atomic mass is 15.3. The van der Waals surface area contributed by atoms with Crippen LogP contribution in [0.3, 0.4) is 0 Å². The number of rotatable bonds is 7. The second-order valence-corrected chi connectivity index (χ2v) is 14.9. The minimum atomic E-state index is 0.143. The number of nitrogens with zero attached hydrogens (tertiary/aromatic N) is 3. The highest BCUT2D eigenvalue weighted by Crippen LogP contribution is 2.36. The van der Waals surface area contributed by atoms with E-state index in [9.17, 15) is 0 Å². The predicted octanol–water partition coefficient (Wildman–Crippen LogP) is 9.08. The van der Waals surface area contributed by atoms with E-state index in [4.69, 9.17) is 4.98 Å². The van der Waals surface area contributed by atoms with Crippen LogP contribution < -0.4 is 0 Å². The minimum absolute atomic E-state index is 0.143. The Balaban J connectivity index is 1.41. The number of imidazole rings is 1. The molecule has 2 heterocycles. The maximum atomic E-state index is 5.17. The highest BCUT2D eigenvalue weighted by molar-refractivity contribution is 5.55. The van der Waals surface area contributed by atoms with E-state index in [1.807, 2.05) is 0 Å². The molecule has 1 aliphatic heterocycles. The van der Waals surface area contributed by atoms with Gasteiger partial charge in [0.2, 0.25) is 0 Å². The topological polar surface area (TPSA) is 35.2 Å². The summed E-state index contributed by atoms with van der Waals surface area (Å²) >= 11 is 0. The molecule has 228 valence electrons. The van der Waals surface area contributed by atoms with Gasteiger partial charge in [0.05, 0.1) is 17.8 Å². The normalized spacial score (nSPS) is 16.3. The van der Waals surface area contributed by atoms with Gasteiger partial charge >= 0.3 is 0 Å². The molecule has 1 aliphatic rings. The molecular formula is C39H52N4. The zero-order valence-corrected chi connectivity index (χ0v) is 27.9. The van der Waals surface area contributed by atoms with E-state index in [0.717, 1.165) is 37.6 Å². The van der Waals surface area contributed by atoms with Crippen LogP contribution in [0.1, 0.15) is 101 Å². The number of nitrogens with one attached hydrogen (secondary N) is 1. The third-order valence-corrected chi connectivity index (χ3v) is 9.17. The van der Waals surface area contributed by atoms with E-state index < -0.39 is 0 Å². The van der Waals surface area contributed by atoms with Crippen LogP contribution in [0.4, 0.5) is 0 Å². The van der Waals surface area contributed by atoms with E-state index in [2.05, 4.69) is 156 Å². The van der Waals surface area contributed by atoms with Gasteiger partial charge in [-0.05, 0) is 45.9 Å². The van der Waals surface area contributed by atoms with Gasteiger partial charge in [-0.1, -0.05) is 134 Å². The molecule has 4 nitrogen and oxygen atoms in total. The average molecular weight is 577 g/mol. The van der Waals surface area contributed by atoms with Crippen LogP contribution in [0.5, 0.6) is 0 Å². The molecule has 1 unspecified atom stereocenters. The maximum absolute atomic E-state index is 5.17. The van der Waals surface area contributed by atoms with Crippen LogP contribution in [0.25, 0.3) is 11.4 Å². The van der Waals surface area contributed by atoms with Crippen LogP contribution in [0, 0.1) is 12.8 Å². The van der Waals surface area contributed by atoms with Crippen LogP contribution in [0.15, 0.2) is 78.9 Å². The summed E-state index contributed by atoms with van der Waals surface area (Å²) in [7, 11) is 0. The molecule has 1 saturated heterocycles. The van der Waals surface area contributed by atoms with E-state index in [-0.39, 0.29) is 22.9 Å². The van der Waals surface area contributed by atoms with E-state index in [1.165, 1.54) is 33.6 Å². The molecule has 5 rings (SSSR count). The lowest BCUT2D eigenvalue weighted by Gasteiger charge is -2.43. The molecule has 1 atom stereocenters. The number of aromatic amines is 1. The quantitative estimate of drug-likeness (QED) is 0.238. The van der Waals surface area contributed by atoms with Crippen molar-refractivity contribution < 1.29 is 0 Å². The van der Waals surface area contributed by atoms with E-state index in [0.29, 0.717) is 5.92 Å². The number of hydrogen-bond acceptors (Lipinski definition) is 3. The number of piperazine rings is 1. The van der Waals surface area contributed by atoms with Gasteiger partial charge in [-0.15, -0.1) is 0 Å². The molecule has 1 fully saturated rings. The number of benzene rings is 3. The molecule has 0 aliphatic carbocycles. The Kier molecular flexibility index (Phi) is 9.02. The second-order valence-electron chi connectivity index (χ2n) is 14.9. The zero-order valence-electron chi connectivity index (χ0n) is 27.9. The van der Waals surface area contributed by atoms with Gasteiger partial charge < -0.3 is 4.98 Å². The fourth-order valence-corrected chi connectivity index (χ4v) is 6.62.